The van der Waals surface area contributed by atoms with E-state index in [9.17, 15) is 23.2 Å². The number of hydrogen-bond acceptors (Lipinski definition) is 6. The van der Waals surface area contributed by atoms with Gasteiger partial charge in [0, 0.05) is 11.4 Å². The van der Waals surface area contributed by atoms with E-state index < -0.39 is 17.6 Å². The van der Waals surface area contributed by atoms with Crippen molar-refractivity contribution in [2.24, 2.45) is 0 Å². The van der Waals surface area contributed by atoms with Crippen LogP contribution >= 0.6 is 34.9 Å². The molecule has 2 aromatic carbocycles. The highest BCUT2D eigenvalue weighted by atomic mass is 35.5. The Morgan fingerprint density at radius 3 is 2.57 bits per heavy atom. The summed E-state index contributed by atoms with van der Waals surface area (Å²) in [7, 11) is 0. The van der Waals surface area contributed by atoms with Gasteiger partial charge < -0.3 is 10.0 Å². The predicted molar refractivity (Wildman–Crippen MR) is 110 cm³/mol. The van der Waals surface area contributed by atoms with Crippen LogP contribution in [0.3, 0.4) is 0 Å². The molecule has 3 aromatic rings. The van der Waals surface area contributed by atoms with Gasteiger partial charge in [0.2, 0.25) is 0 Å². The minimum absolute atomic E-state index is 0.0324. The largest absolute Gasteiger partial charge is 0.416 e. The van der Waals surface area contributed by atoms with Crippen molar-refractivity contribution in [3.8, 4) is 6.07 Å². The fraction of sp³-hybridized carbons (Fsp3) is 0.105. The maximum Gasteiger partial charge on any atom is 0.416 e. The second-order valence-electron chi connectivity index (χ2n) is 5.87. The first-order valence-electron chi connectivity index (χ1n) is 8.29. The number of benzene rings is 2. The molecule has 0 fully saturated rings. The lowest BCUT2D eigenvalue weighted by molar-refractivity contribution is -0.137. The van der Waals surface area contributed by atoms with Crippen LogP contribution in [-0.2, 0) is 12.7 Å². The molecule has 1 heterocycles. The molecule has 0 aliphatic carbocycles. The van der Waals surface area contributed by atoms with E-state index in [1.807, 2.05) is 6.07 Å². The van der Waals surface area contributed by atoms with Crippen LogP contribution in [-0.4, -0.2) is 10.9 Å². The number of carbonyl (C=O) groups is 1. The number of halogens is 4. The van der Waals surface area contributed by atoms with Gasteiger partial charge in [-0.15, -0.1) is 0 Å². The maximum atomic E-state index is 12.6. The summed E-state index contributed by atoms with van der Waals surface area (Å²) in [5, 5.41) is 12.6. The summed E-state index contributed by atoms with van der Waals surface area (Å²) >= 11 is 8.29. The topological polar surface area (TPSA) is 77.8 Å². The van der Waals surface area contributed by atoms with Crippen LogP contribution in [0.25, 0.3) is 0 Å². The molecule has 2 N–H and O–H groups in total. The van der Waals surface area contributed by atoms with Crippen molar-refractivity contribution in [3.63, 3.8) is 0 Å². The third kappa shape index (κ3) is 5.66. The van der Waals surface area contributed by atoms with Gasteiger partial charge in [0.15, 0.2) is 5.13 Å². The average molecular weight is 469 g/mol. The van der Waals surface area contributed by atoms with Gasteiger partial charge in [-0.25, -0.2) is 4.98 Å². The van der Waals surface area contributed by atoms with Crippen molar-refractivity contribution < 1.29 is 18.0 Å². The molecule has 3 rings (SSSR count). The standard InChI is InChI=1S/C19H12ClF3N4OS2/c20-16-10-26-18(29-16)27-30-14-5-6-15(12(7-14)8-24)17(28)25-9-11-1-3-13(4-2-11)19(21,22)23/h1-7,10H,9H2,(H,25,28)(H,26,27). The average Bonchev–Trinajstić information content (AvgIpc) is 3.15. The lowest BCUT2D eigenvalue weighted by Gasteiger charge is -2.10. The summed E-state index contributed by atoms with van der Waals surface area (Å²) in [5.41, 5.74) is 0.0920. The van der Waals surface area contributed by atoms with E-state index >= 15 is 0 Å². The predicted octanol–water partition coefficient (Wildman–Crippen LogP) is 5.74. The van der Waals surface area contributed by atoms with Crippen LogP contribution in [0.4, 0.5) is 18.3 Å². The molecule has 0 saturated heterocycles. The fourth-order valence-corrected chi connectivity index (χ4v) is 3.90. The van der Waals surface area contributed by atoms with Gasteiger partial charge in [-0.05, 0) is 47.8 Å². The first-order chi connectivity index (χ1) is 14.3. The van der Waals surface area contributed by atoms with E-state index in [4.69, 9.17) is 11.6 Å². The van der Waals surface area contributed by atoms with Gasteiger partial charge in [0.05, 0.1) is 29.0 Å². The van der Waals surface area contributed by atoms with Gasteiger partial charge in [0.1, 0.15) is 4.34 Å². The Kier molecular flexibility index (Phi) is 6.87. The van der Waals surface area contributed by atoms with Gasteiger partial charge in [0.25, 0.3) is 5.91 Å². The molecule has 5 nitrogen and oxygen atoms in total. The SMILES string of the molecule is N#Cc1cc(SNc2ncc(Cl)s2)ccc1C(=O)NCc1ccc(C(F)(F)F)cc1. The van der Waals surface area contributed by atoms with Crippen molar-refractivity contribution in [2.75, 3.05) is 4.72 Å². The minimum Gasteiger partial charge on any atom is -0.348 e. The number of nitriles is 1. The molecule has 11 heteroatoms. The molecule has 1 amide bonds. The van der Waals surface area contributed by atoms with Gasteiger partial charge in [-0.1, -0.05) is 35.1 Å². The van der Waals surface area contributed by atoms with Crippen LogP contribution in [0.15, 0.2) is 53.6 Å². The summed E-state index contributed by atoms with van der Waals surface area (Å²) in [4.78, 5) is 17.2. The smallest absolute Gasteiger partial charge is 0.348 e. The van der Waals surface area contributed by atoms with E-state index in [-0.39, 0.29) is 17.7 Å². The first-order valence-corrected chi connectivity index (χ1v) is 10.3. The summed E-state index contributed by atoms with van der Waals surface area (Å²) in [6, 6.07) is 11.2. The van der Waals surface area contributed by atoms with E-state index in [1.165, 1.54) is 47.7 Å². The zero-order valence-electron chi connectivity index (χ0n) is 15.0. The Morgan fingerprint density at radius 2 is 1.97 bits per heavy atom. The summed E-state index contributed by atoms with van der Waals surface area (Å²) in [6.07, 6.45) is -2.90. The Morgan fingerprint density at radius 1 is 1.23 bits per heavy atom. The lowest BCUT2D eigenvalue weighted by atomic mass is 10.1. The number of thiazole rings is 1. The number of aromatic nitrogens is 1. The molecule has 0 radical (unpaired) electrons. The Bertz CT molecular complexity index is 1090. The van der Waals surface area contributed by atoms with Crippen LogP contribution < -0.4 is 10.0 Å². The molecule has 0 unspecified atom stereocenters. The second-order valence-corrected chi connectivity index (χ2v) is 8.41. The van der Waals surface area contributed by atoms with Crippen molar-refractivity contribution in [1.82, 2.24) is 10.3 Å². The number of anilines is 1. The molecule has 0 aliphatic heterocycles. The first kappa shape index (κ1) is 22.0. The zero-order valence-corrected chi connectivity index (χ0v) is 17.3. The number of carbonyl (C=O) groups excluding carboxylic acids is 1. The van der Waals surface area contributed by atoms with E-state index in [0.717, 1.165) is 12.1 Å². The van der Waals surface area contributed by atoms with Crippen LogP contribution in [0, 0.1) is 11.3 Å². The second kappa shape index (κ2) is 9.38. The van der Waals surface area contributed by atoms with E-state index in [2.05, 4.69) is 15.0 Å². The van der Waals surface area contributed by atoms with Crippen molar-refractivity contribution in [1.29, 1.82) is 5.26 Å². The molecule has 1 aromatic heterocycles. The molecule has 0 spiro atoms. The molecule has 154 valence electrons. The third-order valence-corrected chi connectivity index (χ3v) is 5.77. The Balaban J connectivity index is 1.63. The molecule has 0 atom stereocenters. The minimum atomic E-state index is -4.41. The van der Waals surface area contributed by atoms with Gasteiger partial charge >= 0.3 is 6.18 Å². The molecule has 0 aliphatic rings. The van der Waals surface area contributed by atoms with Crippen LogP contribution in [0.2, 0.25) is 4.34 Å². The number of amides is 1. The van der Waals surface area contributed by atoms with Crippen LogP contribution in [0.1, 0.15) is 27.0 Å². The molecule has 0 saturated carbocycles. The fourth-order valence-electron chi connectivity index (χ4n) is 2.37. The summed E-state index contributed by atoms with van der Waals surface area (Å²) in [6.45, 7) is 0.0324. The number of hydrogen-bond donors (Lipinski definition) is 2. The quantitative estimate of drug-likeness (QED) is 0.451. The van der Waals surface area contributed by atoms with Crippen molar-refractivity contribution in [3.05, 3.63) is 75.3 Å². The normalized spacial score (nSPS) is 11.0. The number of nitrogens with zero attached hydrogens (tertiary/aromatic N) is 2. The van der Waals surface area contributed by atoms with Crippen LogP contribution in [0.5, 0.6) is 0 Å². The molecular formula is C19H12ClF3N4OS2. The zero-order chi connectivity index (χ0) is 21.7. The number of rotatable bonds is 6. The molecule has 0 bridgehead atoms. The highest BCUT2D eigenvalue weighted by molar-refractivity contribution is 8.00. The highest BCUT2D eigenvalue weighted by Gasteiger charge is 2.29. The Hall–Kier alpha value is -2.74. The van der Waals surface area contributed by atoms with Gasteiger partial charge in [-0.2, -0.15) is 18.4 Å². The maximum absolute atomic E-state index is 12.6. The molecule has 30 heavy (non-hydrogen) atoms. The number of nitrogens with one attached hydrogen (secondary N) is 2. The third-order valence-electron chi connectivity index (χ3n) is 3.82. The van der Waals surface area contributed by atoms with E-state index in [1.54, 1.807) is 12.1 Å². The van der Waals surface area contributed by atoms with Gasteiger partial charge in [-0.3, -0.25) is 4.79 Å². The van der Waals surface area contributed by atoms with Crippen molar-refractivity contribution >= 4 is 45.9 Å². The Labute approximate surface area is 183 Å². The summed E-state index contributed by atoms with van der Waals surface area (Å²) < 4.78 is 41.4. The van der Waals surface area contributed by atoms with Crippen molar-refractivity contribution in [2.45, 2.75) is 17.6 Å². The summed E-state index contributed by atoms with van der Waals surface area (Å²) in [5.74, 6) is -0.498. The lowest BCUT2D eigenvalue weighted by Crippen LogP contribution is -2.23. The highest BCUT2D eigenvalue weighted by Crippen LogP contribution is 2.30. The number of alkyl halides is 3. The van der Waals surface area contributed by atoms with E-state index in [0.29, 0.717) is 19.9 Å². The monoisotopic (exact) mass is 468 g/mol. The molecular weight excluding hydrogens is 457 g/mol.